The van der Waals surface area contributed by atoms with Crippen molar-refractivity contribution in [3.63, 3.8) is 0 Å². The van der Waals surface area contributed by atoms with E-state index in [-0.39, 0.29) is 5.54 Å². The first-order chi connectivity index (χ1) is 9.94. The molecule has 1 heterocycles. The van der Waals surface area contributed by atoms with Crippen molar-refractivity contribution < 1.29 is 4.74 Å². The quantitative estimate of drug-likeness (QED) is 0.873. The highest BCUT2D eigenvalue weighted by molar-refractivity contribution is 9.10. The van der Waals surface area contributed by atoms with Crippen LogP contribution in [0.4, 0.5) is 0 Å². The molecule has 0 saturated heterocycles. The standard InChI is InChI=1S/C17H21BrN2O/c1-17(2,3)20-11-14-10-19-9-8-16(14)21-12-13-4-6-15(18)7-5-13/h4-10,20H,11-12H2,1-3H3. The van der Waals surface area contributed by atoms with Gasteiger partial charge < -0.3 is 10.1 Å². The van der Waals surface area contributed by atoms with E-state index in [1.165, 1.54) is 0 Å². The number of ether oxygens (including phenoxy) is 1. The maximum absolute atomic E-state index is 5.93. The molecule has 1 N–H and O–H groups in total. The fourth-order valence-corrected chi connectivity index (χ4v) is 2.05. The van der Waals surface area contributed by atoms with Crippen molar-refractivity contribution >= 4 is 15.9 Å². The highest BCUT2D eigenvalue weighted by Gasteiger charge is 2.11. The number of nitrogens with one attached hydrogen (secondary N) is 1. The Hall–Kier alpha value is -1.39. The molecule has 0 fully saturated rings. The molecule has 0 aliphatic carbocycles. The summed E-state index contributed by atoms with van der Waals surface area (Å²) in [5.74, 6) is 0.879. The number of aromatic nitrogens is 1. The third kappa shape index (κ3) is 5.48. The second-order valence-electron chi connectivity index (χ2n) is 6.00. The number of rotatable bonds is 5. The molecule has 0 bridgehead atoms. The van der Waals surface area contributed by atoms with Gasteiger partial charge in [-0.15, -0.1) is 0 Å². The molecule has 1 aromatic carbocycles. The summed E-state index contributed by atoms with van der Waals surface area (Å²) in [5, 5.41) is 3.46. The summed E-state index contributed by atoms with van der Waals surface area (Å²) in [5.41, 5.74) is 2.29. The van der Waals surface area contributed by atoms with Gasteiger partial charge in [0.15, 0.2) is 0 Å². The van der Waals surface area contributed by atoms with Gasteiger partial charge in [0.25, 0.3) is 0 Å². The summed E-state index contributed by atoms with van der Waals surface area (Å²) >= 11 is 3.43. The molecule has 0 aliphatic heterocycles. The number of benzene rings is 1. The second kappa shape index (κ2) is 7.05. The Morgan fingerprint density at radius 3 is 2.52 bits per heavy atom. The average molecular weight is 349 g/mol. The molecule has 1 aromatic heterocycles. The van der Waals surface area contributed by atoms with Crippen molar-refractivity contribution in [1.29, 1.82) is 0 Å². The molecule has 2 aromatic rings. The molecule has 3 nitrogen and oxygen atoms in total. The number of pyridine rings is 1. The van der Waals surface area contributed by atoms with Gasteiger partial charge in [0, 0.05) is 34.5 Å². The lowest BCUT2D eigenvalue weighted by atomic mass is 10.1. The van der Waals surface area contributed by atoms with Crippen LogP contribution in [0.25, 0.3) is 0 Å². The third-order valence-electron chi connectivity index (χ3n) is 2.98. The maximum atomic E-state index is 5.93. The Morgan fingerprint density at radius 1 is 1.14 bits per heavy atom. The Labute approximate surface area is 134 Å². The van der Waals surface area contributed by atoms with Gasteiger partial charge in [-0.1, -0.05) is 28.1 Å². The molecule has 0 aliphatic rings. The van der Waals surface area contributed by atoms with Crippen molar-refractivity contribution in [2.75, 3.05) is 0 Å². The van der Waals surface area contributed by atoms with Gasteiger partial charge in [0.1, 0.15) is 12.4 Å². The van der Waals surface area contributed by atoms with Gasteiger partial charge in [-0.25, -0.2) is 0 Å². The summed E-state index contributed by atoms with van der Waals surface area (Å²) in [6.45, 7) is 7.73. The van der Waals surface area contributed by atoms with Crippen molar-refractivity contribution in [2.45, 2.75) is 39.5 Å². The minimum atomic E-state index is 0.0683. The van der Waals surface area contributed by atoms with E-state index in [9.17, 15) is 0 Å². The molecule has 0 radical (unpaired) electrons. The predicted molar refractivity (Wildman–Crippen MR) is 89.3 cm³/mol. The monoisotopic (exact) mass is 348 g/mol. The first-order valence-corrected chi connectivity index (χ1v) is 7.78. The first kappa shape index (κ1) is 16.0. The predicted octanol–water partition coefficient (Wildman–Crippen LogP) is 4.31. The number of hydrogen-bond donors (Lipinski definition) is 1. The van der Waals surface area contributed by atoms with Crippen LogP contribution in [0.3, 0.4) is 0 Å². The van der Waals surface area contributed by atoms with Gasteiger partial charge in [-0.3, -0.25) is 4.98 Å². The van der Waals surface area contributed by atoms with Gasteiger partial charge in [0.2, 0.25) is 0 Å². The van der Waals surface area contributed by atoms with E-state index in [4.69, 9.17) is 4.74 Å². The summed E-state index contributed by atoms with van der Waals surface area (Å²) in [6.07, 6.45) is 3.62. The number of halogens is 1. The van der Waals surface area contributed by atoms with Crippen LogP contribution in [0.1, 0.15) is 31.9 Å². The molecule has 0 spiro atoms. The Balaban J connectivity index is 2.01. The molecule has 112 valence electrons. The van der Waals surface area contributed by atoms with Crippen LogP contribution in [0.15, 0.2) is 47.2 Å². The Morgan fingerprint density at radius 2 is 1.86 bits per heavy atom. The molecule has 0 atom stereocenters. The van der Waals surface area contributed by atoms with Crippen LogP contribution in [-0.2, 0) is 13.2 Å². The Kier molecular flexibility index (Phi) is 5.37. The fourth-order valence-electron chi connectivity index (χ4n) is 1.79. The van der Waals surface area contributed by atoms with E-state index < -0.39 is 0 Å². The Bertz CT molecular complexity index is 576. The lowest BCUT2D eigenvalue weighted by molar-refractivity contribution is 0.299. The van der Waals surface area contributed by atoms with Crippen LogP contribution < -0.4 is 10.1 Å². The molecule has 0 unspecified atom stereocenters. The average Bonchev–Trinajstić information content (AvgIpc) is 2.44. The summed E-state index contributed by atoms with van der Waals surface area (Å²) in [6, 6.07) is 10.1. The minimum Gasteiger partial charge on any atom is -0.488 e. The zero-order valence-corrected chi connectivity index (χ0v) is 14.3. The summed E-state index contributed by atoms with van der Waals surface area (Å²) in [7, 11) is 0. The van der Waals surface area contributed by atoms with Gasteiger partial charge in [-0.05, 0) is 44.5 Å². The first-order valence-electron chi connectivity index (χ1n) is 6.99. The van der Waals surface area contributed by atoms with E-state index in [2.05, 4.69) is 59.1 Å². The zero-order chi connectivity index (χ0) is 15.3. The molecule has 0 saturated carbocycles. The van der Waals surface area contributed by atoms with E-state index in [1.54, 1.807) is 6.20 Å². The normalized spacial score (nSPS) is 11.4. The van der Waals surface area contributed by atoms with E-state index >= 15 is 0 Å². The molecule has 2 rings (SSSR count). The van der Waals surface area contributed by atoms with Crippen LogP contribution in [0.2, 0.25) is 0 Å². The molecule has 21 heavy (non-hydrogen) atoms. The van der Waals surface area contributed by atoms with E-state index in [0.717, 1.165) is 27.9 Å². The SMILES string of the molecule is CC(C)(C)NCc1cnccc1OCc1ccc(Br)cc1. The number of nitrogens with zero attached hydrogens (tertiary/aromatic N) is 1. The fraction of sp³-hybridized carbons (Fsp3) is 0.353. The molecule has 0 amide bonds. The topological polar surface area (TPSA) is 34.2 Å². The van der Waals surface area contributed by atoms with E-state index in [0.29, 0.717) is 6.61 Å². The van der Waals surface area contributed by atoms with Crippen molar-refractivity contribution in [2.24, 2.45) is 0 Å². The number of hydrogen-bond acceptors (Lipinski definition) is 3. The lowest BCUT2D eigenvalue weighted by Gasteiger charge is -2.21. The van der Waals surface area contributed by atoms with Crippen molar-refractivity contribution in [1.82, 2.24) is 10.3 Å². The van der Waals surface area contributed by atoms with Gasteiger partial charge in [0.05, 0.1) is 0 Å². The molecular formula is C17H21BrN2O. The molecular weight excluding hydrogens is 328 g/mol. The van der Waals surface area contributed by atoms with E-state index in [1.807, 2.05) is 24.4 Å². The maximum Gasteiger partial charge on any atom is 0.127 e. The lowest BCUT2D eigenvalue weighted by Crippen LogP contribution is -2.35. The molecule has 4 heteroatoms. The summed E-state index contributed by atoms with van der Waals surface area (Å²) in [4.78, 5) is 4.19. The van der Waals surface area contributed by atoms with Crippen LogP contribution in [0, 0.1) is 0 Å². The third-order valence-corrected chi connectivity index (χ3v) is 3.50. The summed E-state index contributed by atoms with van der Waals surface area (Å²) < 4.78 is 7.01. The van der Waals surface area contributed by atoms with Crippen LogP contribution in [-0.4, -0.2) is 10.5 Å². The zero-order valence-electron chi connectivity index (χ0n) is 12.7. The largest absolute Gasteiger partial charge is 0.488 e. The van der Waals surface area contributed by atoms with Gasteiger partial charge in [-0.2, -0.15) is 0 Å². The highest BCUT2D eigenvalue weighted by Crippen LogP contribution is 2.19. The van der Waals surface area contributed by atoms with Crippen molar-refractivity contribution in [3.05, 3.63) is 58.3 Å². The van der Waals surface area contributed by atoms with Crippen molar-refractivity contribution in [3.8, 4) is 5.75 Å². The smallest absolute Gasteiger partial charge is 0.127 e. The second-order valence-corrected chi connectivity index (χ2v) is 6.92. The minimum absolute atomic E-state index is 0.0683. The van der Waals surface area contributed by atoms with Crippen LogP contribution in [0.5, 0.6) is 5.75 Å². The van der Waals surface area contributed by atoms with Gasteiger partial charge >= 0.3 is 0 Å². The highest BCUT2D eigenvalue weighted by atomic mass is 79.9. The van der Waals surface area contributed by atoms with Crippen LogP contribution >= 0.6 is 15.9 Å².